The summed E-state index contributed by atoms with van der Waals surface area (Å²) in [5.41, 5.74) is 1.39. The molecule has 5 nitrogen and oxygen atoms in total. The van der Waals surface area contributed by atoms with Crippen molar-refractivity contribution in [2.45, 2.75) is 6.42 Å². The standard InChI is InChI=1S/C20H16Cl2N2O3S/c21-15-7-4-8-16(22)14(15)12-18(25)23-9-10-24-19(26)17(28-20(24)27)11-13-5-2-1-3-6-13/h1-8,11H,9-10,12H2,(H,23,25)/b17-11+. The molecule has 1 saturated heterocycles. The number of rotatable bonds is 6. The highest BCUT2D eigenvalue weighted by atomic mass is 35.5. The van der Waals surface area contributed by atoms with Crippen molar-refractivity contribution in [1.29, 1.82) is 0 Å². The van der Waals surface area contributed by atoms with Gasteiger partial charge in [-0.05, 0) is 41.1 Å². The molecule has 0 aromatic heterocycles. The van der Waals surface area contributed by atoms with Crippen molar-refractivity contribution in [1.82, 2.24) is 10.2 Å². The zero-order valence-electron chi connectivity index (χ0n) is 14.7. The first-order valence-electron chi connectivity index (χ1n) is 8.45. The van der Waals surface area contributed by atoms with Gasteiger partial charge in [-0.2, -0.15) is 0 Å². The number of benzene rings is 2. The summed E-state index contributed by atoms with van der Waals surface area (Å²) < 4.78 is 0. The molecule has 8 heteroatoms. The molecule has 1 aliphatic rings. The van der Waals surface area contributed by atoms with Gasteiger partial charge in [0, 0.05) is 23.1 Å². The van der Waals surface area contributed by atoms with Gasteiger partial charge in [-0.25, -0.2) is 0 Å². The topological polar surface area (TPSA) is 66.5 Å². The Bertz CT molecular complexity index is 927. The highest BCUT2D eigenvalue weighted by molar-refractivity contribution is 8.18. The van der Waals surface area contributed by atoms with Crippen LogP contribution >= 0.6 is 35.0 Å². The van der Waals surface area contributed by atoms with E-state index >= 15 is 0 Å². The van der Waals surface area contributed by atoms with Crippen molar-refractivity contribution < 1.29 is 14.4 Å². The molecule has 2 aromatic carbocycles. The Morgan fingerprint density at radius 3 is 2.39 bits per heavy atom. The van der Waals surface area contributed by atoms with Gasteiger partial charge in [0.2, 0.25) is 5.91 Å². The number of imide groups is 1. The molecule has 0 bridgehead atoms. The molecule has 1 N–H and O–H groups in total. The fourth-order valence-corrected chi connectivity index (χ4v) is 4.02. The van der Waals surface area contributed by atoms with Crippen LogP contribution < -0.4 is 5.32 Å². The van der Waals surface area contributed by atoms with E-state index in [2.05, 4.69) is 5.32 Å². The average Bonchev–Trinajstić information content (AvgIpc) is 2.93. The Balaban J connectivity index is 1.55. The molecule has 0 spiro atoms. The third kappa shape index (κ3) is 4.95. The van der Waals surface area contributed by atoms with Crippen molar-refractivity contribution in [2.24, 2.45) is 0 Å². The first kappa shape index (κ1) is 20.5. The Kier molecular flexibility index (Phi) is 6.78. The van der Waals surface area contributed by atoms with E-state index in [1.807, 2.05) is 30.3 Å². The zero-order chi connectivity index (χ0) is 20.1. The van der Waals surface area contributed by atoms with Gasteiger partial charge in [0.05, 0.1) is 11.3 Å². The van der Waals surface area contributed by atoms with E-state index in [4.69, 9.17) is 23.2 Å². The van der Waals surface area contributed by atoms with Crippen molar-refractivity contribution in [3.8, 4) is 0 Å². The first-order chi connectivity index (χ1) is 13.5. The van der Waals surface area contributed by atoms with Crippen LogP contribution in [0.25, 0.3) is 6.08 Å². The van der Waals surface area contributed by atoms with Crippen molar-refractivity contribution in [2.75, 3.05) is 13.1 Å². The van der Waals surface area contributed by atoms with Crippen LogP contribution in [0.1, 0.15) is 11.1 Å². The van der Waals surface area contributed by atoms with Crippen LogP contribution in [0.4, 0.5) is 4.79 Å². The monoisotopic (exact) mass is 434 g/mol. The molecule has 0 radical (unpaired) electrons. The molecule has 3 rings (SSSR count). The summed E-state index contributed by atoms with van der Waals surface area (Å²) in [5.74, 6) is -0.649. The molecule has 144 valence electrons. The lowest BCUT2D eigenvalue weighted by molar-refractivity contribution is -0.124. The van der Waals surface area contributed by atoms with Gasteiger partial charge in [-0.3, -0.25) is 19.3 Å². The predicted octanol–water partition coefficient (Wildman–Crippen LogP) is 4.39. The summed E-state index contributed by atoms with van der Waals surface area (Å²) >= 11 is 13.0. The van der Waals surface area contributed by atoms with Crippen LogP contribution in [0.3, 0.4) is 0 Å². The normalized spacial score (nSPS) is 15.4. The van der Waals surface area contributed by atoms with Crippen molar-refractivity contribution in [3.05, 3.63) is 74.6 Å². The summed E-state index contributed by atoms with van der Waals surface area (Å²) in [7, 11) is 0. The maximum atomic E-state index is 12.4. The lowest BCUT2D eigenvalue weighted by atomic mass is 10.1. The number of hydrogen-bond acceptors (Lipinski definition) is 4. The predicted molar refractivity (Wildman–Crippen MR) is 112 cm³/mol. The van der Waals surface area contributed by atoms with Gasteiger partial charge < -0.3 is 5.32 Å². The van der Waals surface area contributed by atoms with Crippen LogP contribution in [0, 0.1) is 0 Å². The Hall–Kier alpha value is -2.28. The molecule has 3 amide bonds. The molecule has 0 saturated carbocycles. The van der Waals surface area contributed by atoms with Gasteiger partial charge in [-0.1, -0.05) is 59.6 Å². The molecule has 1 heterocycles. The fourth-order valence-electron chi connectivity index (χ4n) is 2.62. The zero-order valence-corrected chi connectivity index (χ0v) is 17.0. The third-order valence-corrected chi connectivity index (χ3v) is 5.64. The number of hydrogen-bond donors (Lipinski definition) is 1. The number of nitrogens with zero attached hydrogens (tertiary/aromatic N) is 1. The summed E-state index contributed by atoms with van der Waals surface area (Å²) in [5, 5.41) is 3.17. The van der Waals surface area contributed by atoms with Crippen LogP contribution in [0.5, 0.6) is 0 Å². The second-order valence-corrected chi connectivity index (χ2v) is 7.78. The minimum atomic E-state index is -0.359. The van der Waals surface area contributed by atoms with Gasteiger partial charge in [0.1, 0.15) is 0 Å². The molecule has 1 aliphatic heterocycles. The summed E-state index contributed by atoms with van der Waals surface area (Å²) in [6.45, 7) is 0.246. The van der Waals surface area contributed by atoms with Crippen LogP contribution in [0.2, 0.25) is 10.0 Å². The lowest BCUT2D eigenvalue weighted by Crippen LogP contribution is -2.37. The molecular weight excluding hydrogens is 419 g/mol. The summed E-state index contributed by atoms with van der Waals surface area (Å²) in [4.78, 5) is 38.2. The number of halogens is 2. The van der Waals surface area contributed by atoms with Crippen LogP contribution in [0.15, 0.2) is 53.4 Å². The van der Waals surface area contributed by atoms with E-state index in [1.165, 1.54) is 0 Å². The summed E-state index contributed by atoms with van der Waals surface area (Å²) in [6, 6.07) is 14.3. The Morgan fingerprint density at radius 2 is 1.71 bits per heavy atom. The smallest absolute Gasteiger partial charge is 0.293 e. The second-order valence-electron chi connectivity index (χ2n) is 5.97. The number of carbonyl (C=O) groups excluding carboxylic acids is 3. The minimum absolute atomic E-state index is 0.0221. The molecule has 0 unspecified atom stereocenters. The highest BCUT2D eigenvalue weighted by Crippen LogP contribution is 2.31. The molecule has 0 atom stereocenters. The van der Waals surface area contributed by atoms with Crippen LogP contribution in [-0.2, 0) is 16.0 Å². The molecular formula is C20H16Cl2N2O3S. The maximum absolute atomic E-state index is 12.4. The molecule has 2 aromatic rings. The van der Waals surface area contributed by atoms with E-state index in [-0.39, 0.29) is 36.6 Å². The SMILES string of the molecule is O=C(Cc1c(Cl)cccc1Cl)NCCN1C(=O)S/C(=C/c2ccccc2)C1=O. The maximum Gasteiger partial charge on any atom is 0.293 e. The number of nitrogens with one attached hydrogen (secondary N) is 1. The van der Waals surface area contributed by atoms with Crippen molar-refractivity contribution in [3.63, 3.8) is 0 Å². The first-order valence-corrected chi connectivity index (χ1v) is 10.0. The number of thioether (sulfide) groups is 1. The molecule has 0 aliphatic carbocycles. The summed E-state index contributed by atoms with van der Waals surface area (Å²) in [6.07, 6.45) is 1.71. The molecule has 1 fully saturated rings. The molecule has 28 heavy (non-hydrogen) atoms. The number of amides is 3. The van der Waals surface area contributed by atoms with E-state index in [0.717, 1.165) is 22.2 Å². The van der Waals surface area contributed by atoms with Gasteiger partial charge in [-0.15, -0.1) is 0 Å². The van der Waals surface area contributed by atoms with E-state index < -0.39 is 0 Å². The minimum Gasteiger partial charge on any atom is -0.354 e. The van der Waals surface area contributed by atoms with E-state index in [9.17, 15) is 14.4 Å². The van der Waals surface area contributed by atoms with Gasteiger partial charge in [0.25, 0.3) is 11.1 Å². The largest absolute Gasteiger partial charge is 0.354 e. The Labute approximate surface area is 176 Å². The lowest BCUT2D eigenvalue weighted by Gasteiger charge is -2.13. The Morgan fingerprint density at radius 1 is 1.04 bits per heavy atom. The van der Waals surface area contributed by atoms with E-state index in [1.54, 1.807) is 24.3 Å². The van der Waals surface area contributed by atoms with E-state index in [0.29, 0.717) is 20.5 Å². The fraction of sp³-hybridized carbons (Fsp3) is 0.150. The number of carbonyl (C=O) groups is 3. The van der Waals surface area contributed by atoms with Crippen LogP contribution in [-0.4, -0.2) is 35.0 Å². The highest BCUT2D eigenvalue weighted by Gasteiger charge is 2.34. The van der Waals surface area contributed by atoms with Gasteiger partial charge in [0.15, 0.2) is 0 Å². The quantitative estimate of drug-likeness (QED) is 0.684. The van der Waals surface area contributed by atoms with Gasteiger partial charge >= 0.3 is 0 Å². The van der Waals surface area contributed by atoms with Crippen molar-refractivity contribution >= 4 is 58.1 Å². The second kappa shape index (κ2) is 9.28. The average molecular weight is 435 g/mol. The third-order valence-electron chi connectivity index (χ3n) is 4.03.